The molecule has 4 N–H and O–H groups in total. The van der Waals surface area contributed by atoms with Crippen LogP contribution in [-0.4, -0.2) is 25.0 Å². The Labute approximate surface area is 164 Å². The number of carbonyl (C=O) groups is 2. The summed E-state index contributed by atoms with van der Waals surface area (Å²) < 4.78 is 0. The van der Waals surface area contributed by atoms with E-state index in [1.807, 2.05) is 24.3 Å². The van der Waals surface area contributed by atoms with Crippen LogP contribution in [0.2, 0.25) is 5.02 Å². The van der Waals surface area contributed by atoms with Gasteiger partial charge < -0.3 is 21.3 Å². The Morgan fingerprint density at radius 2 is 1.70 bits per heavy atom. The van der Waals surface area contributed by atoms with Gasteiger partial charge in [0, 0.05) is 29.5 Å². The van der Waals surface area contributed by atoms with E-state index in [1.165, 1.54) is 0 Å². The molecule has 0 heterocycles. The fourth-order valence-corrected chi connectivity index (χ4v) is 3.18. The summed E-state index contributed by atoms with van der Waals surface area (Å²) in [5.41, 5.74) is 7.68. The van der Waals surface area contributed by atoms with Gasteiger partial charge in [-0.15, -0.1) is 0 Å². The molecule has 0 bridgehead atoms. The molecule has 1 atom stereocenters. The first-order valence-electron chi connectivity index (χ1n) is 8.89. The third kappa shape index (κ3) is 5.89. The fraction of sp³-hybridized carbons (Fsp3) is 0.300. The lowest BCUT2D eigenvalue weighted by Crippen LogP contribution is -2.35. The molecule has 0 spiro atoms. The zero-order chi connectivity index (χ0) is 19.8. The Morgan fingerprint density at radius 3 is 2.26 bits per heavy atom. The van der Waals surface area contributed by atoms with E-state index in [-0.39, 0.29) is 12.3 Å². The van der Waals surface area contributed by atoms with Crippen LogP contribution in [0.1, 0.15) is 31.9 Å². The first kappa shape index (κ1) is 20.6. The monoisotopic (exact) mass is 388 g/mol. The first-order valence-corrected chi connectivity index (χ1v) is 9.27. The molecule has 2 rings (SSSR count). The summed E-state index contributed by atoms with van der Waals surface area (Å²) in [6, 6.07) is 13.4. The minimum Gasteiger partial charge on any atom is -0.372 e. The number of hydrogen-bond donors (Lipinski definition) is 3. The molecule has 7 heteroatoms. The van der Waals surface area contributed by atoms with Crippen LogP contribution in [0, 0.1) is 0 Å². The topological polar surface area (TPSA) is 87.5 Å². The molecule has 0 fully saturated rings. The quantitative estimate of drug-likeness (QED) is 0.640. The maximum absolute atomic E-state index is 12.5. The predicted octanol–water partition coefficient (Wildman–Crippen LogP) is 3.92. The zero-order valence-electron chi connectivity index (χ0n) is 15.5. The van der Waals surface area contributed by atoms with Crippen LogP contribution >= 0.6 is 11.6 Å². The summed E-state index contributed by atoms with van der Waals surface area (Å²) in [5, 5.41) is 5.89. The molecule has 0 aliphatic carbocycles. The SMILES string of the molecule is CCN(CC)c1ccc(NC(=O)CC(NC(N)=O)c2ccccc2Cl)cc1. The highest BCUT2D eigenvalue weighted by Crippen LogP contribution is 2.26. The van der Waals surface area contributed by atoms with E-state index in [0.29, 0.717) is 16.3 Å². The van der Waals surface area contributed by atoms with Crippen LogP contribution in [0.15, 0.2) is 48.5 Å². The van der Waals surface area contributed by atoms with Crippen LogP contribution < -0.4 is 21.3 Å². The molecule has 144 valence electrons. The molecule has 3 amide bonds. The second kappa shape index (κ2) is 9.83. The highest BCUT2D eigenvalue weighted by Gasteiger charge is 2.19. The third-order valence-electron chi connectivity index (χ3n) is 4.27. The van der Waals surface area contributed by atoms with E-state index in [2.05, 4.69) is 29.4 Å². The summed E-state index contributed by atoms with van der Waals surface area (Å²) >= 11 is 6.19. The molecule has 1 unspecified atom stereocenters. The summed E-state index contributed by atoms with van der Waals surface area (Å²) in [7, 11) is 0. The van der Waals surface area contributed by atoms with Gasteiger partial charge in [-0.2, -0.15) is 0 Å². The normalized spacial score (nSPS) is 11.5. The summed E-state index contributed by atoms with van der Waals surface area (Å²) in [5.74, 6) is -0.246. The molecule has 0 saturated carbocycles. The number of halogens is 1. The van der Waals surface area contributed by atoms with Crippen molar-refractivity contribution in [2.24, 2.45) is 5.73 Å². The standard InChI is InChI=1S/C20H25ClN4O2/c1-3-25(4-2)15-11-9-14(10-12-15)23-19(26)13-18(24-20(22)27)16-7-5-6-8-17(16)21/h5-12,18H,3-4,13H2,1-2H3,(H,23,26)(H3,22,24,27). The van der Waals surface area contributed by atoms with Gasteiger partial charge in [0.1, 0.15) is 0 Å². The van der Waals surface area contributed by atoms with E-state index < -0.39 is 12.1 Å². The van der Waals surface area contributed by atoms with E-state index in [9.17, 15) is 9.59 Å². The molecular formula is C20H25ClN4O2. The Balaban J connectivity index is 2.07. The molecule has 2 aromatic carbocycles. The Morgan fingerprint density at radius 1 is 1.07 bits per heavy atom. The lowest BCUT2D eigenvalue weighted by Gasteiger charge is -2.21. The number of nitrogens with one attached hydrogen (secondary N) is 2. The van der Waals surface area contributed by atoms with Crippen LogP contribution in [-0.2, 0) is 4.79 Å². The Bertz CT molecular complexity index is 776. The maximum atomic E-state index is 12.5. The van der Waals surface area contributed by atoms with Gasteiger partial charge in [-0.05, 0) is 49.7 Å². The molecule has 0 aliphatic rings. The van der Waals surface area contributed by atoms with Crippen molar-refractivity contribution in [1.82, 2.24) is 5.32 Å². The number of nitrogens with zero attached hydrogens (tertiary/aromatic N) is 1. The molecular weight excluding hydrogens is 364 g/mol. The highest BCUT2D eigenvalue weighted by atomic mass is 35.5. The van der Waals surface area contributed by atoms with Crippen molar-refractivity contribution < 1.29 is 9.59 Å². The Kier molecular flexibility index (Phi) is 7.49. The van der Waals surface area contributed by atoms with E-state index in [0.717, 1.165) is 18.8 Å². The lowest BCUT2D eigenvalue weighted by atomic mass is 10.0. The molecule has 2 aromatic rings. The molecule has 6 nitrogen and oxygen atoms in total. The van der Waals surface area contributed by atoms with Gasteiger partial charge in [0.2, 0.25) is 5.91 Å². The van der Waals surface area contributed by atoms with Crippen molar-refractivity contribution in [3.63, 3.8) is 0 Å². The van der Waals surface area contributed by atoms with Gasteiger partial charge >= 0.3 is 6.03 Å². The molecule has 0 saturated heterocycles. The number of amides is 3. The van der Waals surface area contributed by atoms with Gasteiger partial charge in [-0.1, -0.05) is 29.8 Å². The highest BCUT2D eigenvalue weighted by molar-refractivity contribution is 6.31. The number of carbonyl (C=O) groups excluding carboxylic acids is 2. The van der Waals surface area contributed by atoms with E-state index >= 15 is 0 Å². The van der Waals surface area contributed by atoms with Crippen molar-refractivity contribution in [2.45, 2.75) is 26.3 Å². The second-order valence-corrected chi connectivity index (χ2v) is 6.46. The third-order valence-corrected chi connectivity index (χ3v) is 4.61. The zero-order valence-corrected chi connectivity index (χ0v) is 16.3. The average molecular weight is 389 g/mol. The fourth-order valence-electron chi connectivity index (χ4n) is 2.91. The van der Waals surface area contributed by atoms with Crippen molar-refractivity contribution in [2.75, 3.05) is 23.3 Å². The summed E-state index contributed by atoms with van der Waals surface area (Å²) in [6.45, 7) is 6.03. The van der Waals surface area contributed by atoms with Gasteiger partial charge in [-0.25, -0.2) is 4.79 Å². The number of nitrogens with two attached hydrogens (primary N) is 1. The largest absolute Gasteiger partial charge is 0.372 e. The van der Waals surface area contributed by atoms with Crippen molar-refractivity contribution in [3.05, 3.63) is 59.1 Å². The molecule has 0 aliphatic heterocycles. The van der Waals surface area contributed by atoms with Crippen LogP contribution in [0.5, 0.6) is 0 Å². The van der Waals surface area contributed by atoms with E-state index in [1.54, 1.807) is 24.3 Å². The smallest absolute Gasteiger partial charge is 0.312 e. The summed E-state index contributed by atoms with van der Waals surface area (Å²) in [4.78, 5) is 26.0. The first-order chi connectivity index (χ1) is 12.9. The van der Waals surface area contributed by atoms with Crippen LogP contribution in [0.25, 0.3) is 0 Å². The number of hydrogen-bond acceptors (Lipinski definition) is 3. The number of anilines is 2. The molecule has 27 heavy (non-hydrogen) atoms. The molecule has 0 aromatic heterocycles. The van der Waals surface area contributed by atoms with Crippen LogP contribution in [0.4, 0.5) is 16.2 Å². The van der Waals surface area contributed by atoms with Gasteiger partial charge in [-0.3, -0.25) is 4.79 Å². The number of urea groups is 1. The number of primary amides is 1. The number of rotatable bonds is 8. The van der Waals surface area contributed by atoms with E-state index in [4.69, 9.17) is 17.3 Å². The van der Waals surface area contributed by atoms with Crippen molar-refractivity contribution in [3.8, 4) is 0 Å². The second-order valence-electron chi connectivity index (χ2n) is 6.05. The minimum atomic E-state index is -0.712. The predicted molar refractivity (Wildman–Crippen MR) is 110 cm³/mol. The number of benzene rings is 2. The van der Waals surface area contributed by atoms with Gasteiger partial charge in [0.25, 0.3) is 0 Å². The lowest BCUT2D eigenvalue weighted by molar-refractivity contribution is -0.116. The average Bonchev–Trinajstić information content (AvgIpc) is 2.63. The maximum Gasteiger partial charge on any atom is 0.312 e. The Hall–Kier alpha value is -2.73. The van der Waals surface area contributed by atoms with Crippen LogP contribution in [0.3, 0.4) is 0 Å². The minimum absolute atomic E-state index is 0.0183. The molecule has 0 radical (unpaired) electrons. The summed E-state index contributed by atoms with van der Waals surface area (Å²) in [6.07, 6.45) is 0.0183. The van der Waals surface area contributed by atoms with Crippen molar-refractivity contribution >= 4 is 34.9 Å². The van der Waals surface area contributed by atoms with Gasteiger partial charge in [0.15, 0.2) is 0 Å². The van der Waals surface area contributed by atoms with Gasteiger partial charge in [0.05, 0.1) is 12.5 Å². The van der Waals surface area contributed by atoms with Crippen molar-refractivity contribution in [1.29, 1.82) is 0 Å².